The minimum atomic E-state index is 0.0909. The van der Waals surface area contributed by atoms with Crippen LogP contribution in [0.15, 0.2) is 53.3 Å². The van der Waals surface area contributed by atoms with Crippen LogP contribution in [-0.2, 0) is 6.54 Å². The first kappa shape index (κ1) is 12.3. The van der Waals surface area contributed by atoms with Gasteiger partial charge in [0, 0.05) is 0 Å². The Hall–Kier alpha value is -1.77. The molecule has 3 aromatic rings. The summed E-state index contributed by atoms with van der Waals surface area (Å²) < 4.78 is 8.24. The molecule has 0 aliphatic heterocycles. The standard InChI is InChI=1S/C15H13NO2Se/c1-18-12-8-6-11(7-9-12)10-16-15(17)13-4-2-3-5-14(13)19-16/h2-9H,10H2,1H3. The SMILES string of the molecule is COc1ccc(Cn2[se]c3ccccc3c2=O)cc1. The molecule has 0 N–H and O–H groups in total. The van der Waals surface area contributed by atoms with Gasteiger partial charge in [-0.1, -0.05) is 0 Å². The monoisotopic (exact) mass is 319 g/mol. The van der Waals surface area contributed by atoms with Crippen LogP contribution in [0, 0.1) is 0 Å². The molecule has 3 rings (SSSR count). The van der Waals surface area contributed by atoms with Gasteiger partial charge in [0.05, 0.1) is 0 Å². The third kappa shape index (κ3) is 2.37. The fourth-order valence-electron chi connectivity index (χ4n) is 2.02. The van der Waals surface area contributed by atoms with Crippen molar-refractivity contribution in [2.75, 3.05) is 7.11 Å². The van der Waals surface area contributed by atoms with Crippen LogP contribution in [0.2, 0.25) is 0 Å². The molecule has 4 heteroatoms. The number of rotatable bonds is 3. The summed E-state index contributed by atoms with van der Waals surface area (Å²) in [6.07, 6.45) is 0. The summed E-state index contributed by atoms with van der Waals surface area (Å²) in [6.45, 7) is 0.664. The van der Waals surface area contributed by atoms with Crippen LogP contribution < -0.4 is 10.3 Å². The first-order chi connectivity index (χ1) is 9.28. The summed E-state index contributed by atoms with van der Waals surface area (Å²) >= 11 is 0.0909. The fourth-order valence-corrected chi connectivity index (χ4v) is 4.17. The Balaban J connectivity index is 1.96. The number of methoxy groups -OCH3 is 1. The zero-order valence-electron chi connectivity index (χ0n) is 10.5. The molecular weight excluding hydrogens is 305 g/mol. The zero-order chi connectivity index (χ0) is 13.2. The van der Waals surface area contributed by atoms with Crippen molar-refractivity contribution in [3.8, 4) is 5.75 Å². The van der Waals surface area contributed by atoms with Crippen molar-refractivity contribution in [3.05, 3.63) is 64.4 Å². The molecule has 1 heterocycles. The second-order valence-corrected chi connectivity index (χ2v) is 6.51. The van der Waals surface area contributed by atoms with E-state index in [0.29, 0.717) is 6.54 Å². The van der Waals surface area contributed by atoms with Gasteiger partial charge in [-0.05, 0) is 0 Å². The molecule has 0 unspecified atom stereocenters. The summed E-state index contributed by atoms with van der Waals surface area (Å²) in [5.74, 6) is 0.838. The number of hydrogen-bond donors (Lipinski definition) is 0. The molecule has 0 fully saturated rings. The predicted molar refractivity (Wildman–Crippen MR) is 77.2 cm³/mol. The molecule has 0 atom stereocenters. The van der Waals surface area contributed by atoms with Crippen molar-refractivity contribution >= 4 is 24.4 Å². The van der Waals surface area contributed by atoms with Gasteiger partial charge in [0.1, 0.15) is 0 Å². The van der Waals surface area contributed by atoms with Gasteiger partial charge in [-0.3, -0.25) is 0 Å². The molecule has 1 aromatic heterocycles. The van der Waals surface area contributed by atoms with Crippen molar-refractivity contribution in [2.24, 2.45) is 0 Å². The van der Waals surface area contributed by atoms with E-state index >= 15 is 0 Å². The summed E-state index contributed by atoms with van der Waals surface area (Å²) in [5.41, 5.74) is 1.27. The van der Waals surface area contributed by atoms with E-state index in [2.05, 4.69) is 0 Å². The van der Waals surface area contributed by atoms with Gasteiger partial charge in [0.2, 0.25) is 0 Å². The van der Waals surface area contributed by atoms with Crippen LogP contribution >= 0.6 is 0 Å². The average Bonchev–Trinajstić information content (AvgIpc) is 2.77. The molecule has 0 aliphatic carbocycles. The Labute approximate surface area is 117 Å². The van der Waals surface area contributed by atoms with Gasteiger partial charge in [-0.25, -0.2) is 0 Å². The number of benzene rings is 2. The van der Waals surface area contributed by atoms with Crippen LogP contribution in [0.1, 0.15) is 5.56 Å². The summed E-state index contributed by atoms with van der Waals surface area (Å²) in [7, 11) is 1.65. The Morgan fingerprint density at radius 1 is 1.11 bits per heavy atom. The molecule has 19 heavy (non-hydrogen) atoms. The van der Waals surface area contributed by atoms with E-state index in [1.165, 1.54) is 4.26 Å². The number of hydrogen-bond acceptors (Lipinski definition) is 2. The van der Waals surface area contributed by atoms with Crippen molar-refractivity contribution in [3.63, 3.8) is 0 Å². The van der Waals surface area contributed by atoms with Crippen molar-refractivity contribution in [2.45, 2.75) is 6.54 Å². The second-order valence-electron chi connectivity index (χ2n) is 4.28. The molecular formula is C15H13NO2Se. The molecule has 96 valence electrons. The molecule has 0 aliphatic rings. The summed E-state index contributed by atoms with van der Waals surface area (Å²) in [6, 6.07) is 15.7. The zero-order valence-corrected chi connectivity index (χ0v) is 12.2. The Morgan fingerprint density at radius 3 is 2.53 bits per heavy atom. The van der Waals surface area contributed by atoms with Crippen molar-refractivity contribution < 1.29 is 4.74 Å². The van der Waals surface area contributed by atoms with Gasteiger partial charge < -0.3 is 0 Å². The van der Waals surface area contributed by atoms with E-state index in [1.807, 2.05) is 52.1 Å². The summed E-state index contributed by atoms with van der Waals surface area (Å²) in [5, 5.41) is 0.857. The molecule has 3 nitrogen and oxygen atoms in total. The Morgan fingerprint density at radius 2 is 1.84 bits per heavy atom. The van der Waals surface area contributed by atoms with E-state index in [-0.39, 0.29) is 20.3 Å². The van der Waals surface area contributed by atoms with E-state index in [4.69, 9.17) is 4.74 Å². The Bertz CT molecular complexity index is 756. The van der Waals surface area contributed by atoms with Crippen LogP contribution in [0.3, 0.4) is 0 Å². The first-order valence-corrected chi connectivity index (χ1v) is 7.62. The van der Waals surface area contributed by atoms with Crippen molar-refractivity contribution in [1.29, 1.82) is 0 Å². The van der Waals surface area contributed by atoms with Crippen LogP contribution in [0.25, 0.3) is 9.65 Å². The Kier molecular flexibility index (Phi) is 3.28. The van der Waals surface area contributed by atoms with E-state index in [0.717, 1.165) is 16.7 Å². The number of fused-ring (bicyclic) bond motifs is 1. The number of ether oxygens (including phenoxy) is 1. The normalized spacial score (nSPS) is 10.8. The van der Waals surface area contributed by atoms with Gasteiger partial charge in [0.15, 0.2) is 0 Å². The third-order valence-electron chi connectivity index (χ3n) is 3.04. The average molecular weight is 318 g/mol. The molecule has 0 bridgehead atoms. The van der Waals surface area contributed by atoms with Gasteiger partial charge in [-0.15, -0.1) is 0 Å². The molecule has 0 amide bonds. The minimum absolute atomic E-state index is 0.0909. The summed E-state index contributed by atoms with van der Waals surface area (Å²) in [4.78, 5) is 12.2. The topological polar surface area (TPSA) is 31.2 Å². The van der Waals surface area contributed by atoms with E-state index in [1.54, 1.807) is 7.11 Å². The molecule has 0 saturated heterocycles. The van der Waals surface area contributed by atoms with E-state index < -0.39 is 0 Å². The van der Waals surface area contributed by atoms with E-state index in [9.17, 15) is 4.79 Å². The quantitative estimate of drug-likeness (QED) is 0.693. The fraction of sp³-hybridized carbons (Fsp3) is 0.133. The molecule has 0 saturated carbocycles. The number of aromatic nitrogens is 1. The van der Waals surface area contributed by atoms with Gasteiger partial charge in [0.25, 0.3) is 0 Å². The maximum atomic E-state index is 12.2. The van der Waals surface area contributed by atoms with Gasteiger partial charge >= 0.3 is 117 Å². The second kappa shape index (κ2) is 5.08. The molecule has 0 radical (unpaired) electrons. The maximum absolute atomic E-state index is 12.2. The number of nitrogens with zero attached hydrogens (tertiary/aromatic N) is 1. The van der Waals surface area contributed by atoms with Crippen LogP contribution in [0.4, 0.5) is 0 Å². The first-order valence-electron chi connectivity index (χ1n) is 6.00. The molecule has 0 spiro atoms. The van der Waals surface area contributed by atoms with Crippen LogP contribution in [-0.4, -0.2) is 25.4 Å². The predicted octanol–water partition coefficient (Wildman–Crippen LogP) is 2.12. The van der Waals surface area contributed by atoms with Crippen LogP contribution in [0.5, 0.6) is 5.75 Å². The van der Waals surface area contributed by atoms with Gasteiger partial charge in [-0.2, -0.15) is 0 Å². The molecule has 2 aromatic carbocycles. The third-order valence-corrected chi connectivity index (χ3v) is 5.28. The van der Waals surface area contributed by atoms with Crippen molar-refractivity contribution in [1.82, 2.24) is 3.56 Å².